The molecule has 1 aromatic heterocycles. The summed E-state index contributed by atoms with van der Waals surface area (Å²) in [7, 11) is 0. The van der Waals surface area contributed by atoms with E-state index in [-0.39, 0.29) is 0 Å². The van der Waals surface area contributed by atoms with Crippen molar-refractivity contribution in [2.24, 2.45) is 0 Å². The molecule has 2 aromatic rings. The number of aromatic nitrogens is 2. The Labute approximate surface area is 191 Å². The van der Waals surface area contributed by atoms with Crippen molar-refractivity contribution in [2.45, 2.75) is 81.5 Å². The first-order valence-corrected chi connectivity index (χ1v) is 12.2. The van der Waals surface area contributed by atoms with Crippen LogP contribution in [0.15, 0.2) is 18.2 Å². The van der Waals surface area contributed by atoms with Crippen molar-refractivity contribution in [3.05, 3.63) is 34.9 Å². The first-order valence-electron chi connectivity index (χ1n) is 12.2. The standard InChI is InChI=1S/C25H29F3N4O/c26-25(27,28)16-8-9-19(20(33)12-16)23-21-14-6-7-15(11-14)22(21)24(31-30-23)29-17-3-2-10-32(13-17)18-4-1-5-18/h8-9,12,14-15,17-18,33H,1-7,10-11,13H2,(H,29,31)/t14?,15?,17-/m1/s1. The lowest BCUT2D eigenvalue weighted by molar-refractivity contribution is -0.137. The minimum absolute atomic E-state index is 0.329. The van der Waals surface area contributed by atoms with E-state index in [2.05, 4.69) is 20.4 Å². The molecule has 0 spiro atoms. The highest BCUT2D eigenvalue weighted by molar-refractivity contribution is 5.75. The normalized spacial score (nSPS) is 27.4. The number of phenols is 1. The predicted octanol–water partition coefficient (Wildman–Crippen LogP) is 5.66. The maximum absolute atomic E-state index is 13.1. The van der Waals surface area contributed by atoms with Crippen LogP contribution >= 0.6 is 0 Å². The number of phenolic OH excluding ortho intramolecular Hbond substituents is 1. The van der Waals surface area contributed by atoms with Gasteiger partial charge >= 0.3 is 6.18 Å². The van der Waals surface area contributed by atoms with Gasteiger partial charge in [-0.3, -0.25) is 4.90 Å². The largest absolute Gasteiger partial charge is 0.507 e. The summed E-state index contributed by atoms with van der Waals surface area (Å²) < 4.78 is 39.2. The average molecular weight is 459 g/mol. The molecule has 3 fully saturated rings. The molecule has 2 saturated carbocycles. The number of rotatable bonds is 4. The van der Waals surface area contributed by atoms with Crippen LogP contribution in [0, 0.1) is 0 Å². The molecule has 1 saturated heterocycles. The zero-order chi connectivity index (χ0) is 22.7. The summed E-state index contributed by atoms with van der Waals surface area (Å²) in [6.45, 7) is 2.19. The summed E-state index contributed by atoms with van der Waals surface area (Å²) in [5, 5.41) is 23.2. The molecule has 2 N–H and O–H groups in total. The molecule has 2 unspecified atom stereocenters. The van der Waals surface area contributed by atoms with E-state index >= 15 is 0 Å². The van der Waals surface area contributed by atoms with Gasteiger partial charge in [-0.1, -0.05) is 6.42 Å². The molecule has 0 amide bonds. The number of anilines is 1. The highest BCUT2D eigenvalue weighted by Gasteiger charge is 2.43. The van der Waals surface area contributed by atoms with E-state index in [0.717, 1.165) is 61.8 Å². The zero-order valence-electron chi connectivity index (χ0n) is 18.5. The van der Waals surface area contributed by atoms with Gasteiger partial charge in [0.25, 0.3) is 0 Å². The Morgan fingerprint density at radius 2 is 1.76 bits per heavy atom. The number of nitrogens with zero attached hydrogens (tertiary/aromatic N) is 3. The van der Waals surface area contributed by atoms with Crippen LogP contribution in [0.4, 0.5) is 19.0 Å². The maximum atomic E-state index is 13.1. The van der Waals surface area contributed by atoms with Crippen LogP contribution in [0.25, 0.3) is 11.3 Å². The number of piperidine rings is 1. The van der Waals surface area contributed by atoms with Crippen molar-refractivity contribution in [3.63, 3.8) is 0 Å². The number of fused-ring (bicyclic) bond motifs is 5. The Morgan fingerprint density at radius 3 is 2.45 bits per heavy atom. The van der Waals surface area contributed by atoms with E-state index in [0.29, 0.717) is 29.1 Å². The van der Waals surface area contributed by atoms with Gasteiger partial charge in [0.1, 0.15) is 11.4 Å². The number of halogens is 3. The Morgan fingerprint density at radius 1 is 0.970 bits per heavy atom. The predicted molar refractivity (Wildman–Crippen MR) is 119 cm³/mol. The molecule has 1 aromatic carbocycles. The van der Waals surface area contributed by atoms with Gasteiger partial charge in [0.2, 0.25) is 0 Å². The number of benzene rings is 1. The maximum Gasteiger partial charge on any atom is 0.416 e. The van der Waals surface area contributed by atoms with Gasteiger partial charge in [-0.2, -0.15) is 13.2 Å². The van der Waals surface area contributed by atoms with E-state index in [9.17, 15) is 18.3 Å². The van der Waals surface area contributed by atoms with Crippen molar-refractivity contribution in [3.8, 4) is 17.0 Å². The van der Waals surface area contributed by atoms with Crippen LogP contribution in [0.1, 0.15) is 79.9 Å². The Hall–Kier alpha value is -2.35. The van der Waals surface area contributed by atoms with Gasteiger partial charge in [-0.25, -0.2) is 0 Å². The first kappa shape index (κ1) is 21.2. The van der Waals surface area contributed by atoms with E-state index in [1.807, 2.05) is 0 Å². The summed E-state index contributed by atoms with van der Waals surface area (Å²) in [6.07, 6.45) is 4.91. The molecule has 6 rings (SSSR count). The number of alkyl halides is 3. The fourth-order valence-corrected chi connectivity index (χ4v) is 6.41. The zero-order valence-corrected chi connectivity index (χ0v) is 18.5. The molecule has 3 atom stereocenters. The van der Waals surface area contributed by atoms with Crippen LogP contribution in [0.3, 0.4) is 0 Å². The highest BCUT2D eigenvalue weighted by Crippen LogP contribution is 2.57. The Kier molecular flexibility index (Phi) is 5.05. The number of likely N-dealkylation sites (tertiary alicyclic amines) is 1. The van der Waals surface area contributed by atoms with E-state index < -0.39 is 17.5 Å². The Bertz CT molecular complexity index is 1070. The molecule has 2 heterocycles. The molecule has 1 aliphatic heterocycles. The monoisotopic (exact) mass is 458 g/mol. The van der Waals surface area contributed by atoms with Crippen molar-refractivity contribution in [1.29, 1.82) is 0 Å². The molecular weight excluding hydrogens is 429 g/mol. The lowest BCUT2D eigenvalue weighted by atomic mass is 9.88. The van der Waals surface area contributed by atoms with Gasteiger partial charge in [-0.05, 0) is 87.1 Å². The summed E-state index contributed by atoms with van der Waals surface area (Å²) in [5.74, 6) is 1.18. The van der Waals surface area contributed by atoms with Gasteiger partial charge < -0.3 is 10.4 Å². The molecule has 8 heteroatoms. The molecule has 5 nitrogen and oxygen atoms in total. The smallest absolute Gasteiger partial charge is 0.416 e. The second kappa shape index (κ2) is 7.86. The van der Waals surface area contributed by atoms with Crippen LogP contribution in [-0.2, 0) is 6.18 Å². The SMILES string of the molecule is Oc1cc(C(F)(F)F)ccc1-c1nnc(N[C@@H]2CCCN(C3CCC3)C2)c2c1C1CCC2C1. The minimum Gasteiger partial charge on any atom is -0.507 e. The number of nitrogens with one attached hydrogen (secondary N) is 1. The summed E-state index contributed by atoms with van der Waals surface area (Å²) >= 11 is 0. The van der Waals surface area contributed by atoms with Crippen molar-refractivity contribution < 1.29 is 18.3 Å². The highest BCUT2D eigenvalue weighted by atomic mass is 19.4. The second-order valence-corrected chi connectivity index (χ2v) is 10.2. The van der Waals surface area contributed by atoms with Crippen LogP contribution in [-0.4, -0.2) is 45.4 Å². The minimum atomic E-state index is -4.50. The topological polar surface area (TPSA) is 61.3 Å². The molecule has 2 bridgehead atoms. The van der Waals surface area contributed by atoms with Gasteiger partial charge in [0.15, 0.2) is 5.82 Å². The van der Waals surface area contributed by atoms with Gasteiger partial charge in [-0.15, -0.1) is 10.2 Å². The Balaban J connectivity index is 1.32. The molecule has 3 aliphatic carbocycles. The molecule has 176 valence electrons. The fourth-order valence-electron chi connectivity index (χ4n) is 6.41. The van der Waals surface area contributed by atoms with Gasteiger partial charge in [0, 0.05) is 29.8 Å². The lowest BCUT2D eigenvalue weighted by Crippen LogP contribution is -2.49. The lowest BCUT2D eigenvalue weighted by Gasteiger charge is -2.42. The molecule has 0 radical (unpaired) electrons. The molecule has 4 aliphatic rings. The number of hydrogen-bond donors (Lipinski definition) is 2. The third kappa shape index (κ3) is 3.66. The van der Waals surface area contributed by atoms with E-state index in [1.54, 1.807) is 0 Å². The first-order chi connectivity index (χ1) is 15.9. The summed E-state index contributed by atoms with van der Waals surface area (Å²) in [5.41, 5.74) is 2.26. The van der Waals surface area contributed by atoms with Crippen LogP contribution in [0.2, 0.25) is 0 Å². The van der Waals surface area contributed by atoms with E-state index in [1.165, 1.54) is 43.9 Å². The van der Waals surface area contributed by atoms with Crippen molar-refractivity contribution in [1.82, 2.24) is 15.1 Å². The quantitative estimate of drug-likeness (QED) is 0.619. The third-order valence-electron chi connectivity index (χ3n) is 8.26. The van der Waals surface area contributed by atoms with Crippen LogP contribution < -0.4 is 5.32 Å². The summed E-state index contributed by atoms with van der Waals surface area (Å²) in [4.78, 5) is 2.61. The van der Waals surface area contributed by atoms with Crippen LogP contribution in [0.5, 0.6) is 5.75 Å². The van der Waals surface area contributed by atoms with Crippen molar-refractivity contribution in [2.75, 3.05) is 18.4 Å². The van der Waals surface area contributed by atoms with E-state index in [4.69, 9.17) is 0 Å². The number of aromatic hydroxyl groups is 1. The van der Waals surface area contributed by atoms with Gasteiger partial charge in [0.05, 0.1) is 5.56 Å². The third-order valence-corrected chi connectivity index (χ3v) is 8.26. The second-order valence-electron chi connectivity index (χ2n) is 10.2. The summed E-state index contributed by atoms with van der Waals surface area (Å²) in [6, 6.07) is 4.20. The fraction of sp³-hybridized carbons (Fsp3) is 0.600. The molecular formula is C25H29F3N4O. The van der Waals surface area contributed by atoms with Crippen molar-refractivity contribution >= 4 is 5.82 Å². The average Bonchev–Trinajstić information content (AvgIpc) is 3.35. The number of hydrogen-bond acceptors (Lipinski definition) is 5. The molecule has 33 heavy (non-hydrogen) atoms.